The second-order valence-electron chi connectivity index (χ2n) is 4.97. The van der Waals surface area contributed by atoms with Crippen molar-refractivity contribution in [2.75, 3.05) is 20.3 Å². The molecule has 0 unspecified atom stereocenters. The average molecular weight is 334 g/mol. The minimum absolute atomic E-state index is 0.0109. The lowest BCUT2D eigenvalue weighted by Gasteiger charge is -2.09. The highest BCUT2D eigenvalue weighted by molar-refractivity contribution is 6.31. The van der Waals surface area contributed by atoms with Crippen LogP contribution < -0.4 is 14.8 Å². The molecule has 1 N–H and O–H groups in total. The Morgan fingerprint density at radius 2 is 1.78 bits per heavy atom. The van der Waals surface area contributed by atoms with Crippen molar-refractivity contribution in [3.8, 4) is 11.5 Å². The molecule has 2 aromatic carbocycles. The van der Waals surface area contributed by atoms with Gasteiger partial charge in [0, 0.05) is 11.4 Å². The first-order valence-electron chi connectivity index (χ1n) is 7.46. The second kappa shape index (κ2) is 9.06. The van der Waals surface area contributed by atoms with Gasteiger partial charge in [0.25, 0.3) is 0 Å². The molecule has 4 nitrogen and oxygen atoms in total. The molecule has 0 aromatic heterocycles. The molecule has 0 heterocycles. The summed E-state index contributed by atoms with van der Waals surface area (Å²) in [5.74, 6) is 1.52. The number of carbonyl (C=O) groups is 1. The van der Waals surface area contributed by atoms with Crippen molar-refractivity contribution in [3.05, 3.63) is 59.1 Å². The first-order chi connectivity index (χ1) is 11.2. The summed E-state index contributed by atoms with van der Waals surface area (Å²) < 4.78 is 10.6. The summed E-state index contributed by atoms with van der Waals surface area (Å²) in [7, 11) is 1.62. The number of amides is 1. The summed E-state index contributed by atoms with van der Waals surface area (Å²) in [6, 6.07) is 14.9. The fourth-order valence-electron chi connectivity index (χ4n) is 2.07. The fourth-order valence-corrected chi connectivity index (χ4v) is 2.30. The predicted octanol–water partition coefficient (Wildman–Crippen LogP) is 3.48. The van der Waals surface area contributed by atoms with Crippen molar-refractivity contribution in [1.29, 1.82) is 0 Å². The van der Waals surface area contributed by atoms with Gasteiger partial charge in [0.2, 0.25) is 5.91 Å². The number of carbonyl (C=O) groups excluding carboxylic acids is 1. The Hall–Kier alpha value is -2.20. The van der Waals surface area contributed by atoms with E-state index in [4.69, 9.17) is 21.1 Å². The molecule has 0 aliphatic heterocycles. The Labute approximate surface area is 141 Å². The Balaban J connectivity index is 1.63. The van der Waals surface area contributed by atoms with E-state index in [9.17, 15) is 4.79 Å². The van der Waals surface area contributed by atoms with Crippen LogP contribution in [-0.2, 0) is 11.2 Å². The summed E-state index contributed by atoms with van der Waals surface area (Å²) in [6.07, 6.45) is 1.04. The van der Waals surface area contributed by atoms with Crippen molar-refractivity contribution < 1.29 is 14.3 Å². The molecule has 0 fully saturated rings. The highest BCUT2D eigenvalue weighted by Gasteiger charge is 2.04. The minimum Gasteiger partial charge on any atom is -0.497 e. The normalized spacial score (nSPS) is 10.2. The van der Waals surface area contributed by atoms with Crippen molar-refractivity contribution in [2.45, 2.75) is 12.8 Å². The van der Waals surface area contributed by atoms with Crippen LogP contribution in [0.25, 0.3) is 0 Å². The molecule has 0 aliphatic carbocycles. The number of aryl methyl sites for hydroxylation is 1. The Bertz CT molecular complexity index is 628. The molecule has 1 amide bonds. The van der Waals surface area contributed by atoms with E-state index in [1.54, 1.807) is 7.11 Å². The maximum Gasteiger partial charge on any atom is 0.220 e. The molecule has 0 aliphatic rings. The van der Waals surface area contributed by atoms with Gasteiger partial charge >= 0.3 is 0 Å². The third kappa shape index (κ3) is 5.83. The van der Waals surface area contributed by atoms with Crippen molar-refractivity contribution in [3.63, 3.8) is 0 Å². The van der Waals surface area contributed by atoms with Gasteiger partial charge in [-0.2, -0.15) is 0 Å². The number of ether oxygens (including phenoxy) is 2. The summed E-state index contributed by atoms with van der Waals surface area (Å²) in [4.78, 5) is 11.8. The van der Waals surface area contributed by atoms with Crippen LogP contribution in [0.15, 0.2) is 48.5 Å². The van der Waals surface area contributed by atoms with E-state index < -0.39 is 0 Å². The molecular formula is C18H20ClNO3. The van der Waals surface area contributed by atoms with E-state index in [-0.39, 0.29) is 5.91 Å². The van der Waals surface area contributed by atoms with Gasteiger partial charge in [0.15, 0.2) is 0 Å². The molecule has 2 rings (SSSR count). The lowest BCUT2D eigenvalue weighted by atomic mass is 10.1. The zero-order valence-electron chi connectivity index (χ0n) is 13.0. The number of halogens is 1. The van der Waals surface area contributed by atoms with Crippen LogP contribution in [0, 0.1) is 0 Å². The number of rotatable bonds is 8. The van der Waals surface area contributed by atoms with Crippen molar-refractivity contribution >= 4 is 17.5 Å². The van der Waals surface area contributed by atoms with Crippen molar-refractivity contribution in [1.82, 2.24) is 5.32 Å². The van der Waals surface area contributed by atoms with Crippen LogP contribution >= 0.6 is 11.6 Å². The summed E-state index contributed by atoms with van der Waals surface area (Å²) in [5, 5.41) is 3.53. The third-order valence-electron chi connectivity index (χ3n) is 3.33. The van der Waals surface area contributed by atoms with Crippen LogP contribution in [-0.4, -0.2) is 26.2 Å². The quantitative estimate of drug-likeness (QED) is 0.752. The minimum atomic E-state index is -0.0109. The Morgan fingerprint density at radius 3 is 2.48 bits per heavy atom. The first kappa shape index (κ1) is 17.2. The number of hydrogen-bond donors (Lipinski definition) is 1. The summed E-state index contributed by atoms with van der Waals surface area (Å²) >= 11 is 6.06. The monoisotopic (exact) mass is 333 g/mol. The second-order valence-corrected chi connectivity index (χ2v) is 5.37. The van der Waals surface area contributed by atoms with Gasteiger partial charge in [0.1, 0.15) is 18.1 Å². The van der Waals surface area contributed by atoms with Gasteiger partial charge < -0.3 is 14.8 Å². The molecule has 5 heteroatoms. The number of nitrogens with one attached hydrogen (secondary N) is 1. The molecule has 23 heavy (non-hydrogen) atoms. The molecule has 0 saturated heterocycles. The van der Waals surface area contributed by atoms with Crippen LogP contribution in [0.4, 0.5) is 0 Å². The standard InChI is InChI=1S/C18H20ClNO3/c1-22-15-7-9-16(10-8-15)23-13-12-20-18(21)11-6-14-4-2-3-5-17(14)19/h2-5,7-10H,6,11-13H2,1H3,(H,20,21). The zero-order chi connectivity index (χ0) is 16.5. The highest BCUT2D eigenvalue weighted by atomic mass is 35.5. The molecule has 122 valence electrons. The van der Waals surface area contributed by atoms with Crippen LogP contribution in [0.5, 0.6) is 11.5 Å². The number of hydrogen-bond acceptors (Lipinski definition) is 3. The number of benzene rings is 2. The lowest BCUT2D eigenvalue weighted by molar-refractivity contribution is -0.121. The largest absolute Gasteiger partial charge is 0.497 e. The Kier molecular flexibility index (Phi) is 6.76. The van der Waals surface area contributed by atoms with Gasteiger partial charge in [0.05, 0.1) is 13.7 Å². The van der Waals surface area contributed by atoms with E-state index in [0.717, 1.165) is 17.1 Å². The number of methoxy groups -OCH3 is 1. The van der Waals surface area contributed by atoms with E-state index in [1.165, 1.54) is 0 Å². The summed E-state index contributed by atoms with van der Waals surface area (Å²) in [6.45, 7) is 0.886. The van der Waals surface area contributed by atoms with Crippen molar-refractivity contribution in [2.24, 2.45) is 0 Å². The topological polar surface area (TPSA) is 47.6 Å². The molecule has 0 bridgehead atoms. The van der Waals surface area contributed by atoms with E-state index >= 15 is 0 Å². The molecule has 0 spiro atoms. The molecule has 0 radical (unpaired) electrons. The Morgan fingerprint density at radius 1 is 1.09 bits per heavy atom. The van der Waals surface area contributed by atoms with E-state index in [1.807, 2.05) is 48.5 Å². The highest BCUT2D eigenvalue weighted by Crippen LogP contribution is 2.17. The third-order valence-corrected chi connectivity index (χ3v) is 3.70. The first-order valence-corrected chi connectivity index (χ1v) is 7.84. The van der Waals surface area contributed by atoms with Gasteiger partial charge in [-0.15, -0.1) is 0 Å². The van der Waals surface area contributed by atoms with E-state index in [0.29, 0.717) is 31.0 Å². The molecular weight excluding hydrogens is 314 g/mol. The maximum atomic E-state index is 11.8. The molecule has 0 atom stereocenters. The predicted molar refractivity (Wildman–Crippen MR) is 91.3 cm³/mol. The van der Waals surface area contributed by atoms with Crippen LogP contribution in [0.1, 0.15) is 12.0 Å². The molecule has 2 aromatic rings. The van der Waals surface area contributed by atoms with Crippen LogP contribution in [0.2, 0.25) is 5.02 Å². The van der Waals surface area contributed by atoms with Gasteiger partial charge in [-0.05, 0) is 42.3 Å². The molecule has 0 saturated carbocycles. The van der Waals surface area contributed by atoms with Gasteiger partial charge in [-0.25, -0.2) is 0 Å². The van der Waals surface area contributed by atoms with Crippen LogP contribution in [0.3, 0.4) is 0 Å². The lowest BCUT2D eigenvalue weighted by Crippen LogP contribution is -2.28. The van der Waals surface area contributed by atoms with E-state index in [2.05, 4.69) is 5.32 Å². The average Bonchev–Trinajstić information content (AvgIpc) is 2.58. The van der Waals surface area contributed by atoms with Gasteiger partial charge in [-0.3, -0.25) is 4.79 Å². The van der Waals surface area contributed by atoms with Gasteiger partial charge in [-0.1, -0.05) is 29.8 Å². The maximum absolute atomic E-state index is 11.8. The summed E-state index contributed by atoms with van der Waals surface area (Å²) in [5.41, 5.74) is 0.985. The zero-order valence-corrected chi connectivity index (χ0v) is 13.8. The smallest absolute Gasteiger partial charge is 0.220 e. The SMILES string of the molecule is COc1ccc(OCCNC(=O)CCc2ccccc2Cl)cc1. The fraction of sp³-hybridized carbons (Fsp3) is 0.278.